The number of hydrogen-bond donors (Lipinski definition) is 0. The summed E-state index contributed by atoms with van der Waals surface area (Å²) in [7, 11) is -4.46. The van der Waals surface area contributed by atoms with E-state index in [0.29, 0.717) is 12.4 Å². The summed E-state index contributed by atoms with van der Waals surface area (Å²) in [5.41, 5.74) is -0.465. The van der Waals surface area contributed by atoms with E-state index in [0.717, 1.165) is 22.9 Å². The molecule has 28 heavy (non-hydrogen) atoms. The summed E-state index contributed by atoms with van der Waals surface area (Å²) in [6, 6.07) is 9.65. The van der Waals surface area contributed by atoms with Crippen LogP contribution in [0.3, 0.4) is 0 Å². The lowest BCUT2D eigenvalue weighted by Crippen LogP contribution is -2.42. The Labute approximate surface area is 167 Å². The van der Waals surface area contributed by atoms with E-state index < -0.39 is 36.8 Å². The molecule has 0 aliphatic carbocycles. The standard InChI is InChI=1S/C18H19ClN2O6S/c1-3-12-27-15-10-8-14(9-11-15)20(13(2)18(19)22)28(25,26)17-7-5-4-6-16(17)21(23)24/h4-11,13H,3,12H2,1-2H3. The molecule has 2 aromatic rings. The van der Waals surface area contributed by atoms with Crippen LogP contribution in [-0.4, -0.2) is 31.2 Å². The predicted octanol–water partition coefficient (Wildman–Crippen LogP) is 3.73. The van der Waals surface area contributed by atoms with E-state index in [1.54, 1.807) is 12.1 Å². The van der Waals surface area contributed by atoms with Crippen LogP contribution in [0.5, 0.6) is 5.75 Å². The Morgan fingerprint density at radius 3 is 2.36 bits per heavy atom. The highest BCUT2D eigenvalue weighted by atomic mass is 35.5. The molecule has 0 bridgehead atoms. The van der Waals surface area contributed by atoms with E-state index in [4.69, 9.17) is 16.3 Å². The van der Waals surface area contributed by atoms with Gasteiger partial charge in [-0.3, -0.25) is 19.2 Å². The second kappa shape index (κ2) is 9.03. The third-order valence-corrected chi connectivity index (χ3v) is 6.10. The van der Waals surface area contributed by atoms with Crippen LogP contribution in [0.1, 0.15) is 20.3 Å². The van der Waals surface area contributed by atoms with Crippen molar-refractivity contribution in [3.63, 3.8) is 0 Å². The van der Waals surface area contributed by atoms with Gasteiger partial charge in [-0.05, 0) is 55.3 Å². The van der Waals surface area contributed by atoms with Gasteiger partial charge in [0.2, 0.25) is 5.24 Å². The van der Waals surface area contributed by atoms with Crippen LogP contribution in [0, 0.1) is 10.1 Å². The molecule has 10 heteroatoms. The van der Waals surface area contributed by atoms with Crippen molar-refractivity contribution in [2.45, 2.75) is 31.2 Å². The maximum Gasteiger partial charge on any atom is 0.289 e. The number of sulfonamides is 1. The molecule has 0 heterocycles. The van der Waals surface area contributed by atoms with Gasteiger partial charge in [0, 0.05) is 6.07 Å². The predicted molar refractivity (Wildman–Crippen MR) is 105 cm³/mol. The number of para-hydroxylation sites is 1. The first-order valence-electron chi connectivity index (χ1n) is 8.40. The topological polar surface area (TPSA) is 107 Å². The van der Waals surface area contributed by atoms with Crippen LogP contribution in [0.2, 0.25) is 0 Å². The highest BCUT2D eigenvalue weighted by Gasteiger charge is 2.36. The van der Waals surface area contributed by atoms with Gasteiger partial charge in [0.1, 0.15) is 11.8 Å². The molecule has 0 aliphatic heterocycles. The number of nitro benzene ring substituents is 1. The number of nitro groups is 1. The van der Waals surface area contributed by atoms with Gasteiger partial charge >= 0.3 is 0 Å². The fourth-order valence-corrected chi connectivity index (χ4v) is 4.44. The first-order valence-corrected chi connectivity index (χ1v) is 10.2. The third-order valence-electron chi connectivity index (χ3n) is 3.84. The van der Waals surface area contributed by atoms with Crippen LogP contribution in [0.4, 0.5) is 11.4 Å². The van der Waals surface area contributed by atoms with E-state index in [1.807, 2.05) is 6.92 Å². The quantitative estimate of drug-likeness (QED) is 0.343. The molecule has 0 fully saturated rings. The average Bonchev–Trinajstić information content (AvgIpc) is 2.67. The summed E-state index contributed by atoms with van der Waals surface area (Å²) in [5.74, 6) is 0.526. The number of halogens is 1. The number of nitrogens with zero attached hydrogens (tertiary/aromatic N) is 2. The lowest BCUT2D eigenvalue weighted by molar-refractivity contribution is -0.387. The molecular formula is C18H19ClN2O6S. The molecule has 0 spiro atoms. The van der Waals surface area contributed by atoms with Crippen LogP contribution in [0.25, 0.3) is 0 Å². The third kappa shape index (κ3) is 4.60. The molecule has 2 aromatic carbocycles. The molecule has 0 saturated carbocycles. The van der Waals surface area contributed by atoms with Crippen LogP contribution in [-0.2, 0) is 14.8 Å². The minimum absolute atomic E-state index is 0.128. The average molecular weight is 427 g/mol. The van der Waals surface area contributed by atoms with E-state index in [9.17, 15) is 23.3 Å². The van der Waals surface area contributed by atoms with E-state index >= 15 is 0 Å². The van der Waals surface area contributed by atoms with Crippen molar-refractivity contribution in [1.29, 1.82) is 0 Å². The molecule has 150 valence electrons. The molecule has 0 aliphatic rings. The molecule has 0 saturated heterocycles. The van der Waals surface area contributed by atoms with Crippen molar-refractivity contribution < 1.29 is 22.9 Å². The van der Waals surface area contributed by atoms with E-state index in [-0.39, 0.29) is 5.69 Å². The second-order valence-corrected chi connectivity index (χ2v) is 8.00. The zero-order valence-electron chi connectivity index (χ0n) is 15.2. The number of ether oxygens (including phenoxy) is 1. The molecule has 0 amide bonds. The summed E-state index contributed by atoms with van der Waals surface area (Å²) >= 11 is 5.56. The van der Waals surface area contributed by atoms with Crippen LogP contribution < -0.4 is 9.04 Å². The smallest absolute Gasteiger partial charge is 0.289 e. The number of anilines is 1. The Bertz CT molecular complexity index is 962. The molecule has 1 unspecified atom stereocenters. The van der Waals surface area contributed by atoms with Gasteiger partial charge in [0.25, 0.3) is 15.7 Å². The van der Waals surface area contributed by atoms with Gasteiger partial charge in [0.05, 0.1) is 17.2 Å². The van der Waals surface area contributed by atoms with Crippen LogP contribution >= 0.6 is 11.6 Å². The summed E-state index contributed by atoms with van der Waals surface area (Å²) < 4.78 is 32.7. The van der Waals surface area contributed by atoms with Gasteiger partial charge < -0.3 is 4.74 Å². The van der Waals surface area contributed by atoms with Crippen molar-refractivity contribution in [2.24, 2.45) is 0 Å². The summed E-state index contributed by atoms with van der Waals surface area (Å²) in [6.45, 7) is 3.75. The number of carbonyl (C=O) groups is 1. The van der Waals surface area contributed by atoms with Crippen LogP contribution in [0.15, 0.2) is 53.4 Å². The molecule has 0 radical (unpaired) electrons. The minimum Gasteiger partial charge on any atom is -0.494 e. The Kier molecular flexibility index (Phi) is 6.98. The maximum absolute atomic E-state index is 13.2. The molecule has 0 aromatic heterocycles. The maximum atomic E-state index is 13.2. The van der Waals surface area contributed by atoms with Crippen molar-refractivity contribution in [3.05, 3.63) is 58.6 Å². The molecule has 0 N–H and O–H groups in total. The largest absolute Gasteiger partial charge is 0.494 e. The van der Waals surface area contributed by atoms with Crippen molar-refractivity contribution in [2.75, 3.05) is 10.9 Å². The number of hydrogen-bond acceptors (Lipinski definition) is 6. The first kappa shape index (κ1) is 21.6. The van der Waals surface area contributed by atoms with Gasteiger partial charge in [-0.15, -0.1) is 0 Å². The number of carbonyl (C=O) groups excluding carboxylic acids is 1. The molecule has 8 nitrogen and oxygen atoms in total. The lowest BCUT2D eigenvalue weighted by atomic mass is 10.2. The number of rotatable bonds is 9. The van der Waals surface area contributed by atoms with Gasteiger partial charge in [-0.2, -0.15) is 0 Å². The van der Waals surface area contributed by atoms with E-state index in [1.165, 1.54) is 31.2 Å². The molecular weight excluding hydrogens is 408 g/mol. The van der Waals surface area contributed by atoms with Crippen molar-refractivity contribution in [3.8, 4) is 5.75 Å². The lowest BCUT2D eigenvalue weighted by Gasteiger charge is -2.28. The fourth-order valence-electron chi connectivity index (χ4n) is 2.50. The summed E-state index contributed by atoms with van der Waals surface area (Å²) in [6.07, 6.45) is 0.803. The monoisotopic (exact) mass is 426 g/mol. The Hall–Kier alpha value is -2.65. The number of benzene rings is 2. The Morgan fingerprint density at radius 1 is 1.21 bits per heavy atom. The van der Waals surface area contributed by atoms with Gasteiger partial charge in [0.15, 0.2) is 4.90 Å². The highest BCUT2D eigenvalue weighted by Crippen LogP contribution is 2.32. The molecule has 2 rings (SSSR count). The van der Waals surface area contributed by atoms with Gasteiger partial charge in [-0.25, -0.2) is 8.42 Å². The molecule has 1 atom stereocenters. The first-order chi connectivity index (χ1) is 13.2. The second-order valence-electron chi connectivity index (χ2n) is 5.85. The van der Waals surface area contributed by atoms with Crippen molar-refractivity contribution in [1.82, 2.24) is 0 Å². The normalized spacial score (nSPS) is 12.2. The summed E-state index contributed by atoms with van der Waals surface area (Å²) in [4.78, 5) is 21.7. The minimum atomic E-state index is -4.46. The Balaban J connectivity index is 2.58. The highest BCUT2D eigenvalue weighted by molar-refractivity contribution is 7.93. The van der Waals surface area contributed by atoms with E-state index in [2.05, 4.69) is 0 Å². The SMILES string of the molecule is CCCOc1ccc(N(C(C)C(=O)Cl)S(=O)(=O)c2ccccc2[N+](=O)[O-])cc1. The van der Waals surface area contributed by atoms with Gasteiger partial charge in [-0.1, -0.05) is 19.1 Å². The zero-order valence-corrected chi connectivity index (χ0v) is 16.8. The fraction of sp³-hybridized carbons (Fsp3) is 0.278. The summed E-state index contributed by atoms with van der Waals surface area (Å²) in [5, 5.41) is 10.4. The van der Waals surface area contributed by atoms with Crippen molar-refractivity contribution >= 4 is 38.2 Å². The zero-order chi connectivity index (χ0) is 20.9. The Morgan fingerprint density at radius 2 is 1.82 bits per heavy atom.